The summed E-state index contributed by atoms with van der Waals surface area (Å²) >= 11 is 3.17. The molecule has 0 atom stereocenters. The molecule has 0 radical (unpaired) electrons. The molecule has 94 valence electrons. The van der Waals surface area contributed by atoms with Gasteiger partial charge in [0.15, 0.2) is 0 Å². The molecule has 0 aliphatic heterocycles. The second-order valence-corrected chi connectivity index (χ2v) is 5.40. The third kappa shape index (κ3) is 4.83. The van der Waals surface area contributed by atoms with E-state index >= 15 is 0 Å². The number of hydrogen-bond acceptors (Lipinski definition) is 2. The number of para-hydroxylation sites is 1. The average molecular weight is 304 g/mol. The first-order chi connectivity index (χ1) is 7.79. The van der Waals surface area contributed by atoms with Crippen molar-refractivity contribution >= 4 is 27.5 Å². The number of carbonyl (C=O) groups excluding carboxylic acids is 1. The third-order valence-electron chi connectivity index (χ3n) is 1.86. The van der Waals surface area contributed by atoms with E-state index in [1.807, 2.05) is 20.8 Å². The Hall–Kier alpha value is -0.940. The largest absolute Gasteiger partial charge is 0.366 e. The number of anilines is 1. The smallest absolute Gasteiger partial charge is 0.250 e. The van der Waals surface area contributed by atoms with E-state index in [2.05, 4.69) is 21.2 Å². The van der Waals surface area contributed by atoms with E-state index in [9.17, 15) is 9.18 Å². The minimum Gasteiger partial charge on any atom is -0.366 e. The Kier molecular flexibility index (Phi) is 4.65. The molecule has 1 aromatic rings. The highest BCUT2D eigenvalue weighted by Crippen LogP contribution is 2.25. The summed E-state index contributed by atoms with van der Waals surface area (Å²) in [5.41, 5.74) is -0.265. The lowest BCUT2D eigenvalue weighted by molar-refractivity contribution is -0.125. The molecule has 5 heteroatoms. The van der Waals surface area contributed by atoms with E-state index in [1.165, 1.54) is 6.07 Å². The second-order valence-electron chi connectivity index (χ2n) is 4.55. The molecule has 1 N–H and O–H groups in total. The van der Waals surface area contributed by atoms with Crippen LogP contribution in [0.2, 0.25) is 0 Å². The fraction of sp³-hybridized carbons (Fsp3) is 0.417. The molecule has 0 unspecified atom stereocenters. The lowest BCUT2D eigenvalue weighted by Crippen LogP contribution is -2.27. The van der Waals surface area contributed by atoms with E-state index < -0.39 is 11.4 Å². The zero-order chi connectivity index (χ0) is 13.1. The number of halogens is 2. The van der Waals surface area contributed by atoms with Crippen molar-refractivity contribution in [3.05, 3.63) is 28.5 Å². The van der Waals surface area contributed by atoms with Crippen LogP contribution in [0.15, 0.2) is 22.7 Å². The minimum absolute atomic E-state index is 0.107. The zero-order valence-corrected chi connectivity index (χ0v) is 11.6. The van der Waals surface area contributed by atoms with Gasteiger partial charge in [0.1, 0.15) is 12.4 Å². The molecule has 1 amide bonds. The molecule has 0 aliphatic rings. The lowest BCUT2D eigenvalue weighted by atomic mass is 10.2. The van der Waals surface area contributed by atoms with Gasteiger partial charge < -0.3 is 10.1 Å². The molecule has 0 bridgehead atoms. The highest BCUT2D eigenvalue weighted by molar-refractivity contribution is 9.10. The van der Waals surface area contributed by atoms with Gasteiger partial charge in [-0.15, -0.1) is 0 Å². The van der Waals surface area contributed by atoms with E-state index in [1.54, 1.807) is 12.1 Å². The Labute approximate surface area is 108 Å². The van der Waals surface area contributed by atoms with Gasteiger partial charge in [0.25, 0.3) is 5.91 Å². The highest BCUT2D eigenvalue weighted by Gasteiger charge is 2.15. The Bertz CT molecular complexity index is 395. The predicted molar refractivity (Wildman–Crippen MR) is 68.4 cm³/mol. The Morgan fingerprint density at radius 3 is 2.65 bits per heavy atom. The van der Waals surface area contributed by atoms with Crippen molar-refractivity contribution in [1.82, 2.24) is 0 Å². The lowest BCUT2D eigenvalue weighted by Gasteiger charge is -2.19. The summed E-state index contributed by atoms with van der Waals surface area (Å²) in [5.74, 6) is -0.866. The molecule has 1 rings (SSSR count). The molecule has 0 saturated carbocycles. The molecule has 0 spiro atoms. The number of amides is 1. The summed E-state index contributed by atoms with van der Waals surface area (Å²) in [5, 5.41) is 2.47. The maximum absolute atomic E-state index is 13.4. The van der Waals surface area contributed by atoms with Crippen LogP contribution in [0.5, 0.6) is 0 Å². The first-order valence-electron chi connectivity index (χ1n) is 5.17. The van der Waals surface area contributed by atoms with Crippen LogP contribution in [0.1, 0.15) is 20.8 Å². The van der Waals surface area contributed by atoms with Crippen LogP contribution >= 0.6 is 15.9 Å². The summed E-state index contributed by atoms with van der Waals surface area (Å²) in [7, 11) is 0. The van der Waals surface area contributed by atoms with Crippen molar-refractivity contribution in [2.75, 3.05) is 11.9 Å². The molecule has 3 nitrogen and oxygen atoms in total. The van der Waals surface area contributed by atoms with Gasteiger partial charge in [-0.05, 0) is 48.8 Å². The Balaban J connectivity index is 2.63. The van der Waals surface area contributed by atoms with E-state index in [-0.39, 0.29) is 18.2 Å². The van der Waals surface area contributed by atoms with Crippen LogP contribution in [0, 0.1) is 5.82 Å². The van der Waals surface area contributed by atoms with Crippen molar-refractivity contribution < 1.29 is 13.9 Å². The van der Waals surface area contributed by atoms with Gasteiger partial charge in [0.2, 0.25) is 0 Å². The van der Waals surface area contributed by atoms with Gasteiger partial charge in [-0.25, -0.2) is 4.39 Å². The number of benzene rings is 1. The first kappa shape index (κ1) is 14.1. The quantitative estimate of drug-likeness (QED) is 0.930. The van der Waals surface area contributed by atoms with E-state index in [0.717, 1.165) is 0 Å². The van der Waals surface area contributed by atoms with Crippen molar-refractivity contribution in [2.24, 2.45) is 0 Å². The topological polar surface area (TPSA) is 38.3 Å². The molecule has 0 aliphatic carbocycles. The van der Waals surface area contributed by atoms with Gasteiger partial charge >= 0.3 is 0 Å². The fourth-order valence-electron chi connectivity index (χ4n) is 1.07. The number of rotatable bonds is 3. The van der Waals surface area contributed by atoms with Crippen LogP contribution in [0.25, 0.3) is 0 Å². The fourth-order valence-corrected chi connectivity index (χ4v) is 1.52. The van der Waals surface area contributed by atoms with Gasteiger partial charge in [0.05, 0.1) is 11.3 Å². The van der Waals surface area contributed by atoms with Crippen LogP contribution in [0.3, 0.4) is 0 Å². The zero-order valence-electron chi connectivity index (χ0n) is 10.0. The number of nitrogens with one attached hydrogen (secondary N) is 1. The maximum atomic E-state index is 13.4. The molecule has 1 aromatic carbocycles. The van der Waals surface area contributed by atoms with Crippen molar-refractivity contribution in [1.29, 1.82) is 0 Å². The average Bonchev–Trinajstić information content (AvgIpc) is 2.20. The Morgan fingerprint density at radius 1 is 1.47 bits per heavy atom. The molecule has 0 aromatic heterocycles. The van der Waals surface area contributed by atoms with Gasteiger partial charge in [-0.3, -0.25) is 4.79 Å². The summed E-state index contributed by atoms with van der Waals surface area (Å²) in [6.45, 7) is 5.43. The predicted octanol–water partition coefficient (Wildman–Crippen LogP) is 3.34. The summed E-state index contributed by atoms with van der Waals surface area (Å²) in [6.07, 6.45) is 0. The molecule has 0 fully saturated rings. The number of carbonyl (C=O) groups is 1. The van der Waals surface area contributed by atoms with E-state index in [0.29, 0.717) is 4.47 Å². The molecule has 17 heavy (non-hydrogen) atoms. The van der Waals surface area contributed by atoms with Crippen LogP contribution in [-0.2, 0) is 9.53 Å². The van der Waals surface area contributed by atoms with E-state index in [4.69, 9.17) is 4.74 Å². The minimum atomic E-state index is -0.483. The maximum Gasteiger partial charge on any atom is 0.250 e. The Morgan fingerprint density at radius 2 is 2.12 bits per heavy atom. The van der Waals surface area contributed by atoms with Crippen molar-refractivity contribution in [3.8, 4) is 0 Å². The SMILES string of the molecule is CC(C)(C)OCC(=O)Nc1c(F)cccc1Br. The van der Waals surface area contributed by atoms with Crippen molar-refractivity contribution in [2.45, 2.75) is 26.4 Å². The highest BCUT2D eigenvalue weighted by atomic mass is 79.9. The van der Waals surface area contributed by atoms with Crippen LogP contribution in [0.4, 0.5) is 10.1 Å². The van der Waals surface area contributed by atoms with Gasteiger partial charge in [-0.2, -0.15) is 0 Å². The molecular formula is C12H15BrFNO2. The van der Waals surface area contributed by atoms with Crippen LogP contribution < -0.4 is 5.32 Å². The van der Waals surface area contributed by atoms with Crippen LogP contribution in [-0.4, -0.2) is 18.1 Å². The normalized spacial score (nSPS) is 11.4. The summed E-state index contributed by atoms with van der Waals surface area (Å²) in [4.78, 5) is 11.5. The van der Waals surface area contributed by atoms with Gasteiger partial charge in [0, 0.05) is 4.47 Å². The van der Waals surface area contributed by atoms with Crippen molar-refractivity contribution in [3.63, 3.8) is 0 Å². The molecule has 0 saturated heterocycles. The molecular weight excluding hydrogens is 289 g/mol. The first-order valence-corrected chi connectivity index (χ1v) is 5.97. The summed E-state index contributed by atoms with van der Waals surface area (Å²) < 4.78 is 19.2. The summed E-state index contributed by atoms with van der Waals surface area (Å²) in [6, 6.07) is 4.50. The monoisotopic (exact) mass is 303 g/mol. The molecule has 0 heterocycles. The second kappa shape index (κ2) is 5.60. The van der Waals surface area contributed by atoms with Gasteiger partial charge in [-0.1, -0.05) is 6.07 Å². The number of hydrogen-bond donors (Lipinski definition) is 1. The standard InChI is InChI=1S/C12H15BrFNO2/c1-12(2,3)17-7-10(16)15-11-8(13)5-4-6-9(11)14/h4-6H,7H2,1-3H3,(H,15,16). The third-order valence-corrected chi connectivity index (χ3v) is 2.52. The number of ether oxygens (including phenoxy) is 1.